The number of nitrogens with zero attached hydrogens (tertiary/aromatic N) is 2. The molecule has 0 aliphatic carbocycles. The maximum atomic E-state index is 13.5. The van der Waals surface area contributed by atoms with Crippen molar-refractivity contribution in [2.75, 3.05) is 48.5 Å². The van der Waals surface area contributed by atoms with E-state index in [4.69, 9.17) is 27.5 Å². The molecule has 2 aromatic carbocycles. The molecule has 1 heterocycles. The van der Waals surface area contributed by atoms with Crippen molar-refractivity contribution in [1.29, 1.82) is 5.41 Å². The Kier molecular flexibility index (Phi) is 8.73. The first-order valence-corrected chi connectivity index (χ1v) is 11.7. The van der Waals surface area contributed by atoms with E-state index in [9.17, 15) is 4.79 Å². The summed E-state index contributed by atoms with van der Waals surface area (Å²) >= 11 is 6.69. The van der Waals surface area contributed by atoms with Crippen LogP contribution in [0.1, 0.15) is 24.5 Å². The predicted octanol–water partition coefficient (Wildman–Crippen LogP) is 4.80. The Balaban J connectivity index is 1.84. The normalized spacial score (nSPS) is 14.6. The van der Waals surface area contributed by atoms with Gasteiger partial charge in [0.05, 0.1) is 23.9 Å². The number of rotatable bonds is 8. The van der Waals surface area contributed by atoms with Crippen molar-refractivity contribution in [2.45, 2.75) is 20.3 Å². The first kappa shape index (κ1) is 25.3. The third-order valence-electron chi connectivity index (χ3n) is 5.77. The number of likely N-dealkylation sites (N-methyl/N-ethyl adjacent to an activating group) is 1. The number of nitrogens with two attached hydrogens (primary N) is 1. The molecule has 1 aliphatic rings. The second kappa shape index (κ2) is 11.7. The molecular weight excluding hydrogens is 450 g/mol. The van der Waals surface area contributed by atoms with Crippen molar-refractivity contribution in [3.63, 3.8) is 0 Å². The van der Waals surface area contributed by atoms with Crippen LogP contribution < -0.4 is 20.9 Å². The Hall–Kier alpha value is -3.29. The van der Waals surface area contributed by atoms with E-state index in [0.29, 0.717) is 34.0 Å². The number of nitrogens with one attached hydrogen (secondary N) is 2. The fraction of sp³-hybridized carbons (Fsp3) is 0.308. The van der Waals surface area contributed by atoms with Gasteiger partial charge in [-0.25, -0.2) is 0 Å². The van der Waals surface area contributed by atoms with Gasteiger partial charge in [0.15, 0.2) is 0 Å². The molecule has 1 amide bonds. The molecule has 1 fully saturated rings. The van der Waals surface area contributed by atoms with Crippen LogP contribution in [-0.2, 0) is 9.53 Å². The molecular formula is C26H32ClN5O2. The highest BCUT2D eigenvalue weighted by atomic mass is 35.5. The summed E-state index contributed by atoms with van der Waals surface area (Å²) in [7, 11) is 1.70. The summed E-state index contributed by atoms with van der Waals surface area (Å²) in [5, 5.41) is 11.2. The van der Waals surface area contributed by atoms with E-state index in [1.165, 1.54) is 11.1 Å². The van der Waals surface area contributed by atoms with Crippen LogP contribution in [0.25, 0.3) is 5.57 Å². The number of amides is 1. The van der Waals surface area contributed by atoms with Crippen LogP contribution in [0.5, 0.6) is 0 Å². The van der Waals surface area contributed by atoms with E-state index in [2.05, 4.69) is 10.2 Å². The van der Waals surface area contributed by atoms with Gasteiger partial charge in [-0.3, -0.25) is 4.79 Å². The molecule has 0 unspecified atom stereocenters. The average molecular weight is 482 g/mol. The highest BCUT2D eigenvalue weighted by molar-refractivity contribution is 6.37. The minimum Gasteiger partial charge on any atom is -0.404 e. The van der Waals surface area contributed by atoms with E-state index in [0.717, 1.165) is 49.5 Å². The number of benzene rings is 2. The maximum Gasteiger partial charge on any atom is 0.274 e. The zero-order valence-electron chi connectivity index (χ0n) is 19.9. The molecule has 0 atom stereocenters. The Bertz CT molecular complexity index is 1090. The summed E-state index contributed by atoms with van der Waals surface area (Å²) in [6.45, 7) is 7.08. The van der Waals surface area contributed by atoms with E-state index in [-0.39, 0.29) is 5.91 Å². The monoisotopic (exact) mass is 481 g/mol. The summed E-state index contributed by atoms with van der Waals surface area (Å²) in [5.74, 6) is -0.214. The number of allylic oxidation sites excluding steroid dienone is 2. The first-order chi connectivity index (χ1) is 16.4. The van der Waals surface area contributed by atoms with Crippen LogP contribution in [-0.4, -0.2) is 45.5 Å². The maximum absolute atomic E-state index is 13.5. The molecule has 1 saturated heterocycles. The quantitative estimate of drug-likeness (QED) is 0.371. The molecule has 180 valence electrons. The second-order valence-electron chi connectivity index (χ2n) is 8.02. The Morgan fingerprint density at radius 1 is 1.24 bits per heavy atom. The molecule has 2 aromatic rings. The SMILES string of the molecule is CC/C=C(\Nc1ccc(N2CCOCC2)cc1)C(=O)N(C)c1c(C)ccc(/C(C=N)=C/N)c1Cl. The summed E-state index contributed by atoms with van der Waals surface area (Å²) in [5.41, 5.74) is 10.6. The topological polar surface area (TPSA) is 94.7 Å². The summed E-state index contributed by atoms with van der Waals surface area (Å²) in [6, 6.07) is 11.7. The van der Waals surface area contributed by atoms with Gasteiger partial charge >= 0.3 is 0 Å². The molecule has 4 N–H and O–H groups in total. The number of halogens is 1. The van der Waals surface area contributed by atoms with Crippen LogP contribution in [0, 0.1) is 12.3 Å². The number of hydrogen-bond acceptors (Lipinski definition) is 6. The zero-order valence-corrected chi connectivity index (χ0v) is 20.7. The van der Waals surface area contributed by atoms with Gasteiger partial charge in [-0.05, 0) is 43.2 Å². The van der Waals surface area contributed by atoms with Crippen molar-refractivity contribution >= 4 is 46.4 Å². The molecule has 34 heavy (non-hydrogen) atoms. The van der Waals surface area contributed by atoms with Gasteiger partial charge in [-0.1, -0.05) is 36.7 Å². The van der Waals surface area contributed by atoms with Crippen molar-refractivity contribution in [1.82, 2.24) is 0 Å². The fourth-order valence-electron chi connectivity index (χ4n) is 3.92. The van der Waals surface area contributed by atoms with Crippen molar-refractivity contribution in [2.24, 2.45) is 5.73 Å². The number of ether oxygens (including phenoxy) is 1. The summed E-state index contributed by atoms with van der Waals surface area (Å²) in [4.78, 5) is 17.3. The largest absolute Gasteiger partial charge is 0.404 e. The highest BCUT2D eigenvalue weighted by Crippen LogP contribution is 2.36. The van der Waals surface area contributed by atoms with Crippen LogP contribution in [0.4, 0.5) is 17.1 Å². The lowest BCUT2D eigenvalue weighted by Gasteiger charge is -2.29. The lowest BCUT2D eigenvalue weighted by molar-refractivity contribution is -0.114. The summed E-state index contributed by atoms with van der Waals surface area (Å²) < 4.78 is 5.43. The van der Waals surface area contributed by atoms with E-state index in [1.54, 1.807) is 13.1 Å². The molecule has 0 aromatic heterocycles. The lowest BCUT2D eigenvalue weighted by Crippen LogP contribution is -2.36. The van der Waals surface area contributed by atoms with Gasteiger partial charge in [0.1, 0.15) is 5.70 Å². The van der Waals surface area contributed by atoms with Crippen LogP contribution in [0.2, 0.25) is 5.02 Å². The van der Waals surface area contributed by atoms with E-state index in [1.807, 2.05) is 50.3 Å². The lowest BCUT2D eigenvalue weighted by atomic mass is 10.0. The fourth-order valence-corrected chi connectivity index (χ4v) is 4.37. The first-order valence-electron chi connectivity index (χ1n) is 11.3. The molecule has 8 heteroatoms. The third kappa shape index (κ3) is 5.61. The van der Waals surface area contributed by atoms with Gasteiger partial charge in [-0.15, -0.1) is 0 Å². The minimum atomic E-state index is -0.214. The molecule has 0 bridgehead atoms. The van der Waals surface area contributed by atoms with Gasteiger partial charge in [0.25, 0.3) is 5.91 Å². The van der Waals surface area contributed by atoms with E-state index < -0.39 is 0 Å². The third-order valence-corrected chi connectivity index (χ3v) is 6.15. The van der Waals surface area contributed by atoms with Crippen molar-refractivity contribution in [3.8, 4) is 0 Å². The minimum absolute atomic E-state index is 0.214. The average Bonchev–Trinajstić information content (AvgIpc) is 2.86. The highest BCUT2D eigenvalue weighted by Gasteiger charge is 2.22. The standard InChI is InChI=1S/C26H32ClN5O2/c1-4-5-23(30-20-7-9-21(10-8-20)32-12-14-34-15-13-32)26(33)31(3)25-18(2)6-11-22(24(25)27)19(16-28)17-29/h5-11,16-17,28,30H,4,12-15,29H2,1-3H3/b19-17+,23-5-,28-16?. The molecule has 1 aliphatic heterocycles. The Morgan fingerprint density at radius 2 is 1.91 bits per heavy atom. The Labute approximate surface area is 206 Å². The number of carbonyl (C=O) groups is 1. The second-order valence-corrected chi connectivity index (χ2v) is 8.40. The molecule has 0 saturated carbocycles. The van der Waals surface area contributed by atoms with E-state index >= 15 is 0 Å². The predicted molar refractivity (Wildman–Crippen MR) is 142 cm³/mol. The smallest absolute Gasteiger partial charge is 0.274 e. The number of anilines is 3. The Morgan fingerprint density at radius 3 is 2.50 bits per heavy atom. The molecule has 3 rings (SSSR count). The molecule has 0 radical (unpaired) electrons. The summed E-state index contributed by atoms with van der Waals surface area (Å²) in [6.07, 6.45) is 5.03. The number of aryl methyl sites for hydroxylation is 1. The van der Waals surface area contributed by atoms with Gasteiger partial charge < -0.3 is 31.0 Å². The van der Waals surface area contributed by atoms with Crippen LogP contribution in [0.15, 0.2) is 54.4 Å². The van der Waals surface area contributed by atoms with Gasteiger partial charge in [0.2, 0.25) is 0 Å². The van der Waals surface area contributed by atoms with Crippen LogP contribution in [0.3, 0.4) is 0 Å². The van der Waals surface area contributed by atoms with Crippen LogP contribution >= 0.6 is 11.6 Å². The zero-order chi connectivity index (χ0) is 24.7. The molecule has 7 nitrogen and oxygen atoms in total. The number of carbonyl (C=O) groups excluding carboxylic acids is 1. The van der Waals surface area contributed by atoms with Crippen molar-refractivity contribution in [3.05, 3.63) is 70.5 Å². The van der Waals surface area contributed by atoms with Gasteiger partial charge in [-0.2, -0.15) is 0 Å². The number of hydrogen-bond donors (Lipinski definition) is 3. The van der Waals surface area contributed by atoms with Gasteiger partial charge in [0, 0.05) is 55.1 Å². The van der Waals surface area contributed by atoms with Crippen molar-refractivity contribution < 1.29 is 9.53 Å². The molecule has 0 spiro atoms. The number of morpholine rings is 1.